The van der Waals surface area contributed by atoms with Crippen LogP contribution in [0.15, 0.2) is 66.8 Å². The topological polar surface area (TPSA) is 46.5 Å². The van der Waals surface area contributed by atoms with Crippen LogP contribution in [0, 0.1) is 0 Å². The summed E-state index contributed by atoms with van der Waals surface area (Å²) in [6.07, 6.45) is -0.698. The first-order valence-electron chi connectivity index (χ1n) is 8.23. The van der Waals surface area contributed by atoms with Gasteiger partial charge in [-0.1, -0.05) is 42.5 Å². The van der Waals surface area contributed by atoms with Crippen LogP contribution in [-0.4, -0.2) is 17.2 Å². The van der Waals surface area contributed by atoms with Crippen LogP contribution in [0.1, 0.15) is 30.5 Å². The number of hydrogen-bond acceptors (Lipinski definition) is 2. The van der Waals surface area contributed by atoms with Crippen LogP contribution in [0.3, 0.4) is 0 Å². The molecular formula is C21H19F3O3. The highest BCUT2D eigenvalue weighted by Gasteiger charge is 2.30. The van der Waals surface area contributed by atoms with Crippen LogP contribution in [0.25, 0.3) is 5.57 Å². The fourth-order valence-corrected chi connectivity index (χ4v) is 2.45. The van der Waals surface area contributed by atoms with Crippen molar-refractivity contribution in [2.45, 2.75) is 26.1 Å². The third kappa shape index (κ3) is 5.74. The first-order chi connectivity index (χ1) is 12.7. The molecule has 0 saturated carbocycles. The van der Waals surface area contributed by atoms with Gasteiger partial charge in [0.05, 0.1) is 11.7 Å². The highest BCUT2D eigenvalue weighted by molar-refractivity contribution is 5.85. The third-order valence-corrected chi connectivity index (χ3v) is 3.56. The molecule has 142 valence electrons. The van der Waals surface area contributed by atoms with Gasteiger partial charge in [-0.15, -0.1) is 0 Å². The van der Waals surface area contributed by atoms with Crippen molar-refractivity contribution in [3.8, 4) is 5.75 Å². The zero-order valence-electron chi connectivity index (χ0n) is 14.8. The minimum atomic E-state index is -4.43. The summed E-state index contributed by atoms with van der Waals surface area (Å²) in [4.78, 5) is 10.8. The van der Waals surface area contributed by atoms with Gasteiger partial charge in [-0.25, -0.2) is 4.79 Å². The Bertz CT molecular complexity index is 848. The molecule has 0 unspecified atom stereocenters. The molecule has 0 aliphatic rings. The van der Waals surface area contributed by atoms with E-state index in [0.29, 0.717) is 22.4 Å². The molecule has 0 heterocycles. The van der Waals surface area contributed by atoms with Gasteiger partial charge >= 0.3 is 12.1 Å². The number of ether oxygens (including phenoxy) is 1. The molecule has 2 aromatic rings. The van der Waals surface area contributed by atoms with Crippen LogP contribution < -0.4 is 4.74 Å². The molecule has 0 spiro atoms. The zero-order valence-corrected chi connectivity index (χ0v) is 14.8. The van der Waals surface area contributed by atoms with Crippen molar-refractivity contribution in [2.75, 3.05) is 0 Å². The molecule has 2 aromatic carbocycles. The Hall–Kier alpha value is -3.02. The zero-order chi connectivity index (χ0) is 20.0. The molecule has 1 N–H and O–H groups in total. The summed E-state index contributed by atoms with van der Waals surface area (Å²) in [6, 6.07) is 11.8. The van der Waals surface area contributed by atoms with Crippen molar-refractivity contribution in [1.82, 2.24) is 0 Å². The summed E-state index contributed by atoms with van der Waals surface area (Å²) in [5.41, 5.74) is 0.967. The molecule has 0 aliphatic carbocycles. The lowest BCUT2D eigenvalue weighted by molar-refractivity contribution is -0.137. The highest BCUT2D eigenvalue weighted by Crippen LogP contribution is 2.34. The van der Waals surface area contributed by atoms with Crippen molar-refractivity contribution in [3.05, 3.63) is 83.4 Å². The van der Waals surface area contributed by atoms with Gasteiger partial charge in [0, 0.05) is 11.6 Å². The van der Waals surface area contributed by atoms with E-state index in [1.165, 1.54) is 18.2 Å². The van der Waals surface area contributed by atoms with Crippen molar-refractivity contribution in [3.63, 3.8) is 0 Å². The van der Waals surface area contributed by atoms with E-state index in [0.717, 1.165) is 18.2 Å². The van der Waals surface area contributed by atoms with Gasteiger partial charge in [-0.05, 0) is 43.2 Å². The molecule has 0 saturated heterocycles. The van der Waals surface area contributed by atoms with Crippen molar-refractivity contribution < 1.29 is 27.8 Å². The second-order valence-corrected chi connectivity index (χ2v) is 6.02. The van der Waals surface area contributed by atoms with E-state index in [2.05, 4.69) is 0 Å². The Labute approximate surface area is 155 Å². The van der Waals surface area contributed by atoms with E-state index in [9.17, 15) is 18.0 Å². The normalized spacial score (nSPS) is 12.6. The van der Waals surface area contributed by atoms with Crippen LogP contribution in [-0.2, 0) is 11.0 Å². The molecule has 6 heteroatoms. The number of rotatable bonds is 6. The Morgan fingerprint density at radius 1 is 1.07 bits per heavy atom. The molecule has 2 rings (SSSR count). The van der Waals surface area contributed by atoms with Crippen LogP contribution in [0.4, 0.5) is 13.2 Å². The Balaban J connectivity index is 2.55. The lowest BCUT2D eigenvalue weighted by Crippen LogP contribution is -2.08. The molecule has 0 bridgehead atoms. The molecule has 27 heavy (non-hydrogen) atoms. The van der Waals surface area contributed by atoms with Crippen LogP contribution in [0.5, 0.6) is 5.75 Å². The standard InChI is InChI=1S/C21H19F3O3/c1-14(2)27-19-8-4-3-6-18(19)17(7-5-9-20(25)26)15-10-12-16(13-11-15)21(22,23)24/h3-14H,1-2H3,(H,25,26)/b9-5+,17-7+. The average molecular weight is 376 g/mol. The maximum atomic E-state index is 12.8. The number of halogens is 3. The fourth-order valence-electron chi connectivity index (χ4n) is 2.45. The van der Waals surface area contributed by atoms with E-state index >= 15 is 0 Å². The van der Waals surface area contributed by atoms with Crippen molar-refractivity contribution >= 4 is 11.5 Å². The summed E-state index contributed by atoms with van der Waals surface area (Å²) in [6.45, 7) is 3.73. The van der Waals surface area contributed by atoms with E-state index in [4.69, 9.17) is 9.84 Å². The quantitative estimate of drug-likeness (QED) is 0.530. The minimum Gasteiger partial charge on any atom is -0.490 e. The molecular weight excluding hydrogens is 357 g/mol. The fraction of sp³-hybridized carbons (Fsp3) is 0.190. The van der Waals surface area contributed by atoms with Gasteiger partial charge in [0.25, 0.3) is 0 Å². The van der Waals surface area contributed by atoms with Gasteiger partial charge in [-0.2, -0.15) is 13.2 Å². The number of allylic oxidation sites excluding steroid dienone is 2. The molecule has 0 aromatic heterocycles. The number of para-hydroxylation sites is 1. The van der Waals surface area contributed by atoms with Gasteiger partial charge in [0.2, 0.25) is 0 Å². The number of carboxylic acids is 1. The molecule has 0 radical (unpaired) electrons. The van der Waals surface area contributed by atoms with Gasteiger partial charge in [0.15, 0.2) is 0 Å². The number of hydrogen-bond donors (Lipinski definition) is 1. The number of benzene rings is 2. The second kappa shape index (κ2) is 8.58. The van der Waals surface area contributed by atoms with Crippen molar-refractivity contribution in [1.29, 1.82) is 0 Å². The van der Waals surface area contributed by atoms with Gasteiger partial charge < -0.3 is 9.84 Å². The maximum absolute atomic E-state index is 12.8. The summed E-state index contributed by atoms with van der Waals surface area (Å²) in [5.74, 6) is -0.563. The lowest BCUT2D eigenvalue weighted by atomic mass is 9.95. The van der Waals surface area contributed by atoms with E-state index < -0.39 is 17.7 Å². The summed E-state index contributed by atoms with van der Waals surface area (Å²) in [7, 11) is 0. The Morgan fingerprint density at radius 3 is 2.26 bits per heavy atom. The minimum absolute atomic E-state index is 0.102. The van der Waals surface area contributed by atoms with Crippen molar-refractivity contribution in [2.24, 2.45) is 0 Å². The monoisotopic (exact) mass is 376 g/mol. The number of carbonyl (C=O) groups is 1. The molecule has 0 amide bonds. The summed E-state index contributed by atoms with van der Waals surface area (Å²) in [5, 5.41) is 8.80. The summed E-state index contributed by atoms with van der Waals surface area (Å²) < 4.78 is 44.3. The average Bonchev–Trinajstić information content (AvgIpc) is 2.58. The number of carboxylic acid groups (broad SMARTS) is 1. The third-order valence-electron chi connectivity index (χ3n) is 3.56. The number of aliphatic carboxylic acids is 1. The van der Waals surface area contributed by atoms with Gasteiger partial charge in [-0.3, -0.25) is 0 Å². The van der Waals surface area contributed by atoms with E-state index in [1.807, 2.05) is 13.8 Å². The SMILES string of the molecule is CC(C)Oc1ccccc1/C(=C/C=C/C(=O)O)c1ccc(C(F)(F)F)cc1. The lowest BCUT2D eigenvalue weighted by Gasteiger charge is -2.17. The van der Waals surface area contributed by atoms with Gasteiger partial charge in [0.1, 0.15) is 5.75 Å². The van der Waals surface area contributed by atoms with E-state index in [-0.39, 0.29) is 6.10 Å². The molecule has 0 fully saturated rings. The maximum Gasteiger partial charge on any atom is 0.416 e. The second-order valence-electron chi connectivity index (χ2n) is 6.02. The molecule has 0 aliphatic heterocycles. The Kier molecular flexibility index (Phi) is 6.45. The highest BCUT2D eigenvalue weighted by atomic mass is 19.4. The summed E-state index contributed by atoms with van der Waals surface area (Å²) >= 11 is 0. The predicted octanol–water partition coefficient (Wildman–Crippen LogP) is 5.57. The number of alkyl halides is 3. The van der Waals surface area contributed by atoms with E-state index in [1.54, 1.807) is 30.3 Å². The van der Waals surface area contributed by atoms with Crippen LogP contribution in [0.2, 0.25) is 0 Å². The largest absolute Gasteiger partial charge is 0.490 e. The van der Waals surface area contributed by atoms with Crippen LogP contribution >= 0.6 is 0 Å². The Morgan fingerprint density at radius 2 is 1.70 bits per heavy atom. The molecule has 0 atom stereocenters. The first-order valence-corrected chi connectivity index (χ1v) is 8.23. The molecule has 3 nitrogen and oxygen atoms in total. The smallest absolute Gasteiger partial charge is 0.416 e. The predicted molar refractivity (Wildman–Crippen MR) is 97.5 cm³/mol. The first kappa shape index (κ1) is 20.3.